The Morgan fingerprint density at radius 3 is 1.06 bits per heavy atom. The molecule has 0 spiro atoms. The number of anilines is 9. The lowest BCUT2D eigenvalue weighted by atomic mass is 9.33. The molecule has 308 valence electrons. The van der Waals surface area contributed by atoms with Crippen LogP contribution in [0.4, 0.5) is 51.2 Å². The van der Waals surface area contributed by atoms with Gasteiger partial charge in [-0.1, -0.05) is 146 Å². The van der Waals surface area contributed by atoms with Crippen LogP contribution in [0.15, 0.2) is 287 Å². The van der Waals surface area contributed by atoms with E-state index in [0.717, 1.165) is 28.4 Å². The minimum absolute atomic E-state index is 0.0379. The van der Waals surface area contributed by atoms with Gasteiger partial charge in [0.05, 0.1) is 5.69 Å². The van der Waals surface area contributed by atoms with Gasteiger partial charge in [-0.15, -0.1) is 10.0 Å². The van der Waals surface area contributed by atoms with Gasteiger partial charge in [-0.25, -0.2) is 0 Å². The van der Waals surface area contributed by atoms with Gasteiger partial charge in [0.1, 0.15) is 0 Å². The van der Waals surface area contributed by atoms with E-state index in [1.54, 1.807) is 0 Å². The van der Waals surface area contributed by atoms with Gasteiger partial charge < -0.3 is 14.7 Å². The fourth-order valence-corrected chi connectivity index (χ4v) is 14.1. The SMILES string of the molecule is c1ccc(N(c2ccc(S(c3ccccc3)(c3ccccc3)c3ccccc3)cc2)c2cc3c4c(c2)N(c2ccccc2)c2ccccc2B4c2ccccc2N3c2ccccc2)cc1. The predicted molar refractivity (Wildman–Crippen MR) is 275 cm³/mol. The van der Waals surface area contributed by atoms with E-state index in [-0.39, 0.29) is 6.71 Å². The highest BCUT2D eigenvalue weighted by Crippen LogP contribution is 2.73. The van der Waals surface area contributed by atoms with Crippen molar-refractivity contribution in [2.75, 3.05) is 14.7 Å². The quantitative estimate of drug-likeness (QED) is 0.134. The molecular weight excluding hydrogens is 806 g/mol. The van der Waals surface area contributed by atoms with Gasteiger partial charge in [0.25, 0.3) is 6.71 Å². The maximum Gasteiger partial charge on any atom is 0.252 e. The van der Waals surface area contributed by atoms with Crippen molar-refractivity contribution < 1.29 is 0 Å². The number of benzene rings is 10. The average molecular weight is 850 g/mol. The Bertz CT molecular complexity index is 3050. The van der Waals surface area contributed by atoms with Crippen molar-refractivity contribution in [2.24, 2.45) is 0 Å². The number of hydrogen-bond donors (Lipinski definition) is 0. The van der Waals surface area contributed by atoms with E-state index < -0.39 is 10.0 Å². The van der Waals surface area contributed by atoms with Crippen LogP contribution in [-0.2, 0) is 0 Å². The zero-order chi connectivity index (χ0) is 43.2. The van der Waals surface area contributed by atoms with Crippen molar-refractivity contribution >= 4 is 84.3 Å². The molecular formula is C60H44BN3S. The molecule has 2 aliphatic heterocycles. The Morgan fingerprint density at radius 1 is 0.292 bits per heavy atom. The molecule has 12 rings (SSSR count). The Kier molecular flexibility index (Phi) is 9.69. The Morgan fingerprint density at radius 2 is 0.631 bits per heavy atom. The summed E-state index contributed by atoms with van der Waals surface area (Å²) in [6, 6.07) is 98.1. The minimum atomic E-state index is -1.87. The molecule has 0 saturated carbocycles. The third-order valence-corrected chi connectivity index (χ3v) is 16.8. The first kappa shape index (κ1) is 38.7. The molecule has 2 aliphatic rings. The molecule has 5 heteroatoms. The Balaban J connectivity index is 1.12. The lowest BCUT2D eigenvalue weighted by molar-refractivity contribution is 1.21. The van der Waals surface area contributed by atoms with Crippen molar-refractivity contribution in [2.45, 2.75) is 19.6 Å². The van der Waals surface area contributed by atoms with Crippen LogP contribution in [0, 0.1) is 0 Å². The van der Waals surface area contributed by atoms with Crippen LogP contribution in [0.1, 0.15) is 0 Å². The Hall–Kier alpha value is -7.99. The first-order valence-electron chi connectivity index (χ1n) is 22.3. The van der Waals surface area contributed by atoms with Gasteiger partial charge in [-0.05, 0) is 138 Å². The Labute approximate surface area is 383 Å². The molecule has 3 nitrogen and oxygen atoms in total. The second-order valence-corrected chi connectivity index (χ2v) is 19.6. The highest BCUT2D eigenvalue weighted by Gasteiger charge is 2.44. The van der Waals surface area contributed by atoms with Gasteiger partial charge in [0, 0.05) is 65.1 Å². The highest BCUT2D eigenvalue weighted by molar-refractivity contribution is 8.34. The van der Waals surface area contributed by atoms with Gasteiger partial charge in [0.2, 0.25) is 0 Å². The molecule has 10 aromatic carbocycles. The zero-order valence-electron chi connectivity index (χ0n) is 35.7. The van der Waals surface area contributed by atoms with E-state index in [1.165, 1.54) is 58.7 Å². The predicted octanol–water partition coefficient (Wildman–Crippen LogP) is 14.6. The summed E-state index contributed by atoms with van der Waals surface area (Å²) in [4.78, 5) is 12.6. The molecule has 2 heterocycles. The summed E-state index contributed by atoms with van der Waals surface area (Å²) in [7, 11) is -1.87. The van der Waals surface area contributed by atoms with Crippen LogP contribution in [0.2, 0.25) is 0 Å². The van der Waals surface area contributed by atoms with Crippen molar-refractivity contribution in [3.05, 3.63) is 267 Å². The summed E-state index contributed by atoms with van der Waals surface area (Å²) in [5.74, 6) is 0. The van der Waals surface area contributed by atoms with Crippen LogP contribution in [0.5, 0.6) is 0 Å². The smallest absolute Gasteiger partial charge is 0.252 e. The number of para-hydroxylation sites is 5. The van der Waals surface area contributed by atoms with Gasteiger partial charge >= 0.3 is 0 Å². The molecule has 0 radical (unpaired) electrons. The van der Waals surface area contributed by atoms with E-state index in [1.807, 2.05) is 0 Å². The molecule has 0 unspecified atom stereocenters. The fraction of sp³-hybridized carbons (Fsp3) is 0. The summed E-state index contributed by atoms with van der Waals surface area (Å²) < 4.78 is 0. The molecule has 0 bridgehead atoms. The standard InChI is InChI=1S/C60H44BN3S/c1-7-23-45(24-8-1)62(48-39-41-53(42-40-48)65(50-29-13-4-14-30-50,51-31-15-5-16-32-51)52-33-17-6-18-34-52)49-43-58-60-59(44-49)64(47-27-11-3-12-28-47)57-38-22-20-36-55(57)61(60)54-35-19-21-37-56(54)63(58)46-25-9-2-10-26-46/h1-44H. The molecule has 0 N–H and O–H groups in total. The summed E-state index contributed by atoms with van der Waals surface area (Å²) in [6.07, 6.45) is 0. The third kappa shape index (κ3) is 6.38. The van der Waals surface area contributed by atoms with Crippen molar-refractivity contribution in [3.8, 4) is 0 Å². The van der Waals surface area contributed by atoms with E-state index >= 15 is 0 Å². The van der Waals surface area contributed by atoms with E-state index in [0.29, 0.717) is 0 Å². The molecule has 65 heavy (non-hydrogen) atoms. The summed E-state index contributed by atoms with van der Waals surface area (Å²) in [5.41, 5.74) is 14.1. The van der Waals surface area contributed by atoms with E-state index in [9.17, 15) is 0 Å². The molecule has 0 saturated heterocycles. The van der Waals surface area contributed by atoms with Crippen molar-refractivity contribution in [1.82, 2.24) is 0 Å². The second kappa shape index (κ2) is 16.3. The minimum Gasteiger partial charge on any atom is -0.311 e. The van der Waals surface area contributed by atoms with Crippen LogP contribution in [0.25, 0.3) is 0 Å². The average Bonchev–Trinajstić information content (AvgIpc) is 3.39. The highest BCUT2D eigenvalue weighted by atomic mass is 32.3. The van der Waals surface area contributed by atoms with Crippen molar-refractivity contribution in [1.29, 1.82) is 0 Å². The molecule has 0 amide bonds. The maximum atomic E-state index is 2.48. The van der Waals surface area contributed by atoms with Gasteiger partial charge in [0.15, 0.2) is 0 Å². The third-order valence-electron chi connectivity index (χ3n) is 12.9. The van der Waals surface area contributed by atoms with E-state index in [4.69, 9.17) is 0 Å². The molecule has 0 aromatic heterocycles. The molecule has 10 aromatic rings. The largest absolute Gasteiger partial charge is 0.311 e. The lowest BCUT2D eigenvalue weighted by Crippen LogP contribution is -2.61. The van der Waals surface area contributed by atoms with E-state index in [2.05, 4.69) is 282 Å². The van der Waals surface area contributed by atoms with Gasteiger partial charge in [-0.2, -0.15) is 0 Å². The first-order valence-corrected chi connectivity index (χ1v) is 23.9. The first-order chi connectivity index (χ1) is 32.3. The topological polar surface area (TPSA) is 9.72 Å². The lowest BCUT2D eigenvalue weighted by Gasteiger charge is -2.45. The van der Waals surface area contributed by atoms with Crippen LogP contribution in [0.3, 0.4) is 0 Å². The summed E-state index contributed by atoms with van der Waals surface area (Å²) >= 11 is 0. The maximum absolute atomic E-state index is 2.48. The van der Waals surface area contributed by atoms with Crippen LogP contribution < -0.4 is 31.1 Å². The normalized spacial score (nSPS) is 12.8. The summed E-state index contributed by atoms with van der Waals surface area (Å²) in [5, 5.41) is 0. The van der Waals surface area contributed by atoms with Crippen molar-refractivity contribution in [3.63, 3.8) is 0 Å². The zero-order valence-corrected chi connectivity index (χ0v) is 36.5. The van der Waals surface area contributed by atoms with Crippen LogP contribution >= 0.6 is 10.0 Å². The summed E-state index contributed by atoms with van der Waals surface area (Å²) in [6.45, 7) is 0.0379. The van der Waals surface area contributed by atoms with Gasteiger partial charge in [-0.3, -0.25) is 0 Å². The van der Waals surface area contributed by atoms with Crippen LogP contribution in [-0.4, -0.2) is 6.71 Å². The number of nitrogens with zero attached hydrogens (tertiary/aromatic N) is 3. The number of rotatable bonds is 9. The molecule has 0 aliphatic carbocycles. The molecule has 0 atom stereocenters. The second-order valence-electron chi connectivity index (χ2n) is 16.5. The number of fused-ring (bicyclic) bond motifs is 4. The fourth-order valence-electron chi connectivity index (χ4n) is 10.2. The number of hydrogen-bond acceptors (Lipinski definition) is 3. The monoisotopic (exact) mass is 849 g/mol. The molecule has 0 fully saturated rings.